The Morgan fingerprint density at radius 3 is 2.76 bits per heavy atom. The predicted octanol–water partition coefficient (Wildman–Crippen LogP) is 1.89. The average Bonchev–Trinajstić information content (AvgIpc) is 2.89. The van der Waals surface area contributed by atoms with E-state index in [0.29, 0.717) is 11.3 Å². The van der Waals surface area contributed by atoms with E-state index < -0.39 is 11.8 Å². The first-order valence-corrected chi connectivity index (χ1v) is 8.90. The summed E-state index contributed by atoms with van der Waals surface area (Å²) >= 11 is 0. The van der Waals surface area contributed by atoms with E-state index in [1.165, 1.54) is 0 Å². The van der Waals surface area contributed by atoms with Gasteiger partial charge < -0.3 is 15.1 Å². The second-order valence-electron chi connectivity index (χ2n) is 6.84. The van der Waals surface area contributed by atoms with Crippen LogP contribution < -0.4 is 5.32 Å². The van der Waals surface area contributed by atoms with E-state index in [4.69, 9.17) is 0 Å². The molecule has 2 aliphatic rings. The Morgan fingerprint density at radius 2 is 2.04 bits per heavy atom. The lowest BCUT2D eigenvalue weighted by Crippen LogP contribution is -2.47. The number of benzene rings is 1. The number of likely N-dealkylation sites (N-methyl/N-ethyl adjacent to an activating group) is 1. The summed E-state index contributed by atoms with van der Waals surface area (Å²) in [5.41, 5.74) is 1.58. The maximum absolute atomic E-state index is 12.8. The molecule has 1 aromatic carbocycles. The van der Waals surface area contributed by atoms with Gasteiger partial charge in [0.25, 0.3) is 0 Å². The molecule has 0 saturated carbocycles. The van der Waals surface area contributed by atoms with Crippen molar-refractivity contribution in [1.82, 2.24) is 9.80 Å². The number of rotatable bonds is 2. The lowest BCUT2D eigenvalue weighted by atomic mass is 10.1. The minimum absolute atomic E-state index is 0.110. The van der Waals surface area contributed by atoms with Crippen LogP contribution in [-0.2, 0) is 9.59 Å². The number of nitriles is 1. The standard InChI is InChI=1S/C19H24N4O2/c1-3-22-10-9-14-7-8-15(12-22)23(14)19(25)18(24)21-17-6-4-5-13(2)16(17)11-20/h4-6,14-15H,3,7-10,12H2,1-2H3,(H,21,24). The molecular formula is C19H24N4O2. The van der Waals surface area contributed by atoms with Gasteiger partial charge in [0.2, 0.25) is 0 Å². The van der Waals surface area contributed by atoms with Gasteiger partial charge in [0.05, 0.1) is 11.3 Å². The third-order valence-electron chi connectivity index (χ3n) is 5.38. The summed E-state index contributed by atoms with van der Waals surface area (Å²) in [5, 5.41) is 11.9. The number of carbonyl (C=O) groups is 2. The highest BCUT2D eigenvalue weighted by atomic mass is 16.2. The van der Waals surface area contributed by atoms with Gasteiger partial charge in [-0.3, -0.25) is 9.59 Å². The number of nitrogens with one attached hydrogen (secondary N) is 1. The van der Waals surface area contributed by atoms with Gasteiger partial charge >= 0.3 is 11.8 Å². The summed E-state index contributed by atoms with van der Waals surface area (Å²) < 4.78 is 0. The van der Waals surface area contributed by atoms with E-state index in [1.54, 1.807) is 17.0 Å². The van der Waals surface area contributed by atoms with E-state index in [2.05, 4.69) is 23.2 Å². The molecular weight excluding hydrogens is 316 g/mol. The van der Waals surface area contributed by atoms with Gasteiger partial charge in [-0.1, -0.05) is 19.1 Å². The molecule has 2 bridgehead atoms. The molecule has 6 heteroatoms. The molecule has 2 aliphatic heterocycles. The van der Waals surface area contributed by atoms with E-state index in [1.807, 2.05) is 13.0 Å². The molecule has 2 unspecified atom stereocenters. The number of anilines is 1. The summed E-state index contributed by atoms with van der Waals surface area (Å²) in [6.07, 6.45) is 2.83. The minimum Gasteiger partial charge on any atom is -0.327 e. The number of likely N-dealkylation sites (tertiary alicyclic amines) is 1. The number of fused-ring (bicyclic) bond motifs is 2. The van der Waals surface area contributed by atoms with Crippen molar-refractivity contribution in [3.8, 4) is 6.07 Å². The van der Waals surface area contributed by atoms with Crippen LogP contribution in [0.3, 0.4) is 0 Å². The SMILES string of the molecule is CCN1CCC2CCC(C1)N2C(=O)C(=O)Nc1cccc(C)c1C#N. The number of nitrogens with zero attached hydrogens (tertiary/aromatic N) is 3. The molecule has 2 amide bonds. The van der Waals surface area contributed by atoms with Gasteiger partial charge in [0.15, 0.2) is 0 Å². The smallest absolute Gasteiger partial charge is 0.313 e. The van der Waals surface area contributed by atoms with Crippen molar-refractivity contribution >= 4 is 17.5 Å². The fourth-order valence-corrected chi connectivity index (χ4v) is 3.98. The van der Waals surface area contributed by atoms with Crippen molar-refractivity contribution < 1.29 is 9.59 Å². The number of amides is 2. The normalized spacial score (nSPS) is 23.0. The Kier molecular flexibility index (Phi) is 5.05. The lowest BCUT2D eigenvalue weighted by molar-refractivity contribution is -0.145. The zero-order chi connectivity index (χ0) is 18.0. The first kappa shape index (κ1) is 17.4. The van der Waals surface area contributed by atoms with Crippen LogP contribution in [0.5, 0.6) is 0 Å². The molecule has 132 valence electrons. The van der Waals surface area contributed by atoms with Crippen molar-refractivity contribution in [1.29, 1.82) is 5.26 Å². The van der Waals surface area contributed by atoms with E-state index in [-0.39, 0.29) is 12.1 Å². The highest BCUT2D eigenvalue weighted by molar-refractivity contribution is 6.39. The topological polar surface area (TPSA) is 76.4 Å². The third-order valence-corrected chi connectivity index (χ3v) is 5.38. The van der Waals surface area contributed by atoms with Crippen LogP contribution in [0.25, 0.3) is 0 Å². The molecule has 2 atom stereocenters. The monoisotopic (exact) mass is 340 g/mol. The van der Waals surface area contributed by atoms with Crippen LogP contribution in [0.1, 0.15) is 37.3 Å². The predicted molar refractivity (Wildman–Crippen MR) is 94.9 cm³/mol. The second kappa shape index (κ2) is 7.24. The van der Waals surface area contributed by atoms with Crippen LogP contribution in [0.2, 0.25) is 0 Å². The van der Waals surface area contributed by atoms with Crippen molar-refractivity contribution in [2.24, 2.45) is 0 Å². The van der Waals surface area contributed by atoms with Crippen molar-refractivity contribution in [2.45, 2.75) is 45.2 Å². The maximum Gasteiger partial charge on any atom is 0.313 e. The van der Waals surface area contributed by atoms with Gasteiger partial charge in [-0.25, -0.2) is 0 Å². The molecule has 1 aromatic rings. The van der Waals surface area contributed by atoms with Gasteiger partial charge in [-0.15, -0.1) is 0 Å². The van der Waals surface area contributed by atoms with Gasteiger partial charge in [-0.05, 0) is 44.4 Å². The van der Waals surface area contributed by atoms with Crippen LogP contribution in [0, 0.1) is 18.3 Å². The number of aryl methyl sites for hydroxylation is 1. The van der Waals surface area contributed by atoms with Crippen molar-refractivity contribution in [3.05, 3.63) is 29.3 Å². The highest BCUT2D eigenvalue weighted by Crippen LogP contribution is 2.30. The molecule has 0 aliphatic carbocycles. The number of hydrogen-bond donors (Lipinski definition) is 1. The van der Waals surface area contributed by atoms with Crippen LogP contribution in [-0.4, -0.2) is 53.3 Å². The zero-order valence-corrected chi connectivity index (χ0v) is 14.8. The lowest BCUT2D eigenvalue weighted by Gasteiger charge is -2.28. The summed E-state index contributed by atoms with van der Waals surface area (Å²) in [4.78, 5) is 29.5. The quantitative estimate of drug-likeness (QED) is 0.834. The Bertz CT molecular complexity index is 725. The van der Waals surface area contributed by atoms with Crippen molar-refractivity contribution in [3.63, 3.8) is 0 Å². The largest absolute Gasteiger partial charge is 0.327 e. The highest BCUT2D eigenvalue weighted by Gasteiger charge is 2.41. The van der Waals surface area contributed by atoms with E-state index in [9.17, 15) is 14.9 Å². The molecule has 2 fully saturated rings. The fraction of sp³-hybridized carbons (Fsp3) is 0.526. The number of hydrogen-bond acceptors (Lipinski definition) is 4. The molecule has 2 heterocycles. The summed E-state index contributed by atoms with van der Waals surface area (Å²) in [7, 11) is 0. The Morgan fingerprint density at radius 1 is 1.28 bits per heavy atom. The van der Waals surface area contributed by atoms with Crippen LogP contribution in [0.4, 0.5) is 5.69 Å². The third kappa shape index (κ3) is 3.38. The van der Waals surface area contributed by atoms with E-state index >= 15 is 0 Å². The van der Waals surface area contributed by atoms with Crippen molar-refractivity contribution in [2.75, 3.05) is 25.0 Å². The van der Waals surface area contributed by atoms with Gasteiger partial charge in [0.1, 0.15) is 6.07 Å². The Labute approximate surface area is 148 Å². The first-order chi connectivity index (χ1) is 12.0. The summed E-state index contributed by atoms with van der Waals surface area (Å²) in [6, 6.07) is 7.59. The summed E-state index contributed by atoms with van der Waals surface area (Å²) in [5.74, 6) is -1.13. The molecule has 25 heavy (non-hydrogen) atoms. The average molecular weight is 340 g/mol. The molecule has 0 aromatic heterocycles. The zero-order valence-electron chi connectivity index (χ0n) is 14.8. The Balaban J connectivity index is 1.76. The molecule has 3 rings (SSSR count). The summed E-state index contributed by atoms with van der Waals surface area (Å²) in [6.45, 7) is 6.70. The minimum atomic E-state index is -0.649. The maximum atomic E-state index is 12.8. The van der Waals surface area contributed by atoms with Crippen LogP contribution >= 0.6 is 0 Å². The van der Waals surface area contributed by atoms with Gasteiger partial charge in [0, 0.05) is 25.2 Å². The van der Waals surface area contributed by atoms with Gasteiger partial charge in [-0.2, -0.15) is 5.26 Å². The number of carbonyl (C=O) groups excluding carboxylic acids is 2. The Hall–Kier alpha value is -2.39. The molecule has 1 N–H and O–H groups in total. The molecule has 6 nitrogen and oxygen atoms in total. The fourth-order valence-electron chi connectivity index (χ4n) is 3.98. The second-order valence-corrected chi connectivity index (χ2v) is 6.84. The molecule has 2 saturated heterocycles. The molecule has 0 spiro atoms. The van der Waals surface area contributed by atoms with E-state index in [0.717, 1.165) is 44.5 Å². The van der Waals surface area contributed by atoms with Crippen LogP contribution in [0.15, 0.2) is 18.2 Å². The molecule has 0 radical (unpaired) electrons. The first-order valence-electron chi connectivity index (χ1n) is 8.90.